The zero-order valence-corrected chi connectivity index (χ0v) is 13.4. The Morgan fingerprint density at radius 1 is 1.47 bits per heavy atom. The van der Waals surface area contributed by atoms with Gasteiger partial charge in [-0.2, -0.15) is 0 Å². The number of sulfone groups is 1. The largest absolute Gasteiger partial charge is 0.338 e. The quantitative estimate of drug-likeness (QED) is 0.807. The molecule has 0 bridgehead atoms. The van der Waals surface area contributed by atoms with E-state index in [0.717, 1.165) is 4.47 Å². The molecule has 1 aromatic rings. The number of nitrogens with zero attached hydrogens (tertiary/aromatic N) is 1. The topological polar surface area (TPSA) is 54.5 Å². The molecule has 4 nitrogen and oxygen atoms in total. The molecule has 0 N–H and O–H groups in total. The summed E-state index contributed by atoms with van der Waals surface area (Å²) in [5.41, 5.74) is 0.386. The minimum absolute atomic E-state index is 0.0311. The second kappa shape index (κ2) is 5.42. The number of hydrogen-bond acceptors (Lipinski definition) is 3. The van der Waals surface area contributed by atoms with Gasteiger partial charge in [0.1, 0.15) is 0 Å². The fraction of sp³-hybridized carbons (Fsp3) is 0.417. The van der Waals surface area contributed by atoms with Crippen molar-refractivity contribution in [1.29, 1.82) is 0 Å². The van der Waals surface area contributed by atoms with Crippen molar-refractivity contribution in [2.24, 2.45) is 0 Å². The smallest absolute Gasteiger partial charge is 0.255 e. The van der Waals surface area contributed by atoms with Crippen LogP contribution in [0, 0.1) is 0 Å². The van der Waals surface area contributed by atoms with Crippen LogP contribution in [0.5, 0.6) is 0 Å². The summed E-state index contributed by atoms with van der Waals surface area (Å²) < 4.78 is 23.7. The molecule has 1 heterocycles. The van der Waals surface area contributed by atoms with Crippen LogP contribution in [0.2, 0.25) is 5.02 Å². The third kappa shape index (κ3) is 3.30. The Kier molecular flexibility index (Phi) is 4.23. The highest BCUT2D eigenvalue weighted by Gasteiger charge is 2.33. The van der Waals surface area contributed by atoms with E-state index in [4.69, 9.17) is 11.6 Å². The van der Waals surface area contributed by atoms with E-state index >= 15 is 0 Å². The second-order valence-corrected chi connectivity index (χ2v) is 8.15. The Morgan fingerprint density at radius 2 is 2.16 bits per heavy atom. The molecule has 0 aromatic heterocycles. The first kappa shape index (κ1) is 14.8. The molecule has 0 saturated carbocycles. The molecule has 1 aliphatic heterocycles. The van der Waals surface area contributed by atoms with Gasteiger partial charge in [0.05, 0.1) is 22.1 Å². The number of rotatable bonds is 2. The minimum atomic E-state index is -3.01. The van der Waals surface area contributed by atoms with Gasteiger partial charge in [0, 0.05) is 17.6 Å². The lowest BCUT2D eigenvalue weighted by Crippen LogP contribution is -2.37. The first-order valence-electron chi connectivity index (χ1n) is 5.73. The SMILES string of the molecule is CN(C(=O)c1ccc(Br)cc1Cl)C1CCS(=O)(=O)C1. The molecular formula is C12H13BrClNO3S. The van der Waals surface area contributed by atoms with E-state index in [-0.39, 0.29) is 23.5 Å². The lowest BCUT2D eigenvalue weighted by Gasteiger charge is -2.23. The molecule has 1 aliphatic rings. The van der Waals surface area contributed by atoms with Crippen molar-refractivity contribution >= 4 is 43.3 Å². The summed E-state index contributed by atoms with van der Waals surface area (Å²) in [4.78, 5) is 13.8. The predicted molar refractivity (Wildman–Crippen MR) is 78.3 cm³/mol. The van der Waals surface area contributed by atoms with Crippen LogP contribution >= 0.6 is 27.5 Å². The Bertz CT molecular complexity index is 617. The Balaban J connectivity index is 2.20. The van der Waals surface area contributed by atoms with Gasteiger partial charge in [0.15, 0.2) is 9.84 Å². The van der Waals surface area contributed by atoms with Gasteiger partial charge >= 0.3 is 0 Å². The summed E-state index contributed by atoms with van der Waals surface area (Å²) >= 11 is 9.31. The van der Waals surface area contributed by atoms with Gasteiger partial charge in [-0.05, 0) is 24.6 Å². The normalized spacial score (nSPS) is 21.3. The maximum Gasteiger partial charge on any atom is 0.255 e. The minimum Gasteiger partial charge on any atom is -0.338 e. The third-order valence-electron chi connectivity index (χ3n) is 3.24. The molecule has 1 atom stereocenters. The zero-order valence-electron chi connectivity index (χ0n) is 10.3. The monoisotopic (exact) mass is 365 g/mol. The number of amides is 1. The molecule has 1 aromatic carbocycles. The number of benzene rings is 1. The highest BCUT2D eigenvalue weighted by Crippen LogP contribution is 2.24. The standard InChI is InChI=1S/C12H13BrClNO3S/c1-15(9-4-5-19(17,18)7-9)12(16)10-3-2-8(13)6-11(10)14/h2-3,6,9H,4-5,7H2,1H3. The van der Waals surface area contributed by atoms with E-state index in [9.17, 15) is 13.2 Å². The maximum atomic E-state index is 12.3. The molecule has 0 spiro atoms. The molecule has 0 aliphatic carbocycles. The fourth-order valence-electron chi connectivity index (χ4n) is 2.10. The van der Waals surface area contributed by atoms with Crippen molar-refractivity contribution in [3.05, 3.63) is 33.3 Å². The summed E-state index contributed by atoms with van der Waals surface area (Å²) in [7, 11) is -1.39. The van der Waals surface area contributed by atoms with Crippen LogP contribution in [-0.2, 0) is 9.84 Å². The van der Waals surface area contributed by atoms with Crippen molar-refractivity contribution in [3.8, 4) is 0 Å². The summed E-state index contributed by atoms with van der Waals surface area (Å²) in [6.45, 7) is 0. The lowest BCUT2D eigenvalue weighted by atomic mass is 10.1. The van der Waals surface area contributed by atoms with E-state index < -0.39 is 9.84 Å². The van der Waals surface area contributed by atoms with Gasteiger partial charge in [-0.15, -0.1) is 0 Å². The third-order valence-corrected chi connectivity index (χ3v) is 5.79. The van der Waals surface area contributed by atoms with Gasteiger partial charge in [0.2, 0.25) is 0 Å². The first-order chi connectivity index (χ1) is 8.80. The molecule has 1 fully saturated rings. The average Bonchev–Trinajstić information content (AvgIpc) is 2.68. The van der Waals surface area contributed by atoms with Crippen LogP contribution < -0.4 is 0 Å². The summed E-state index contributed by atoms with van der Waals surface area (Å²) in [6.07, 6.45) is 0.485. The van der Waals surface area contributed by atoms with Crippen LogP contribution in [0.4, 0.5) is 0 Å². The molecule has 2 rings (SSSR count). The van der Waals surface area contributed by atoms with Gasteiger partial charge in [-0.1, -0.05) is 27.5 Å². The first-order valence-corrected chi connectivity index (χ1v) is 8.72. The van der Waals surface area contributed by atoms with E-state index in [0.29, 0.717) is 17.0 Å². The Labute approximate surface area is 125 Å². The highest BCUT2D eigenvalue weighted by atomic mass is 79.9. The number of halogens is 2. The fourth-order valence-corrected chi connectivity index (χ4v) is 4.63. The van der Waals surface area contributed by atoms with Crippen molar-refractivity contribution in [2.45, 2.75) is 12.5 Å². The molecule has 1 saturated heterocycles. The van der Waals surface area contributed by atoms with E-state index in [2.05, 4.69) is 15.9 Å². The van der Waals surface area contributed by atoms with Gasteiger partial charge in [-0.25, -0.2) is 8.42 Å². The zero-order chi connectivity index (χ0) is 14.2. The van der Waals surface area contributed by atoms with Crippen molar-refractivity contribution in [1.82, 2.24) is 4.90 Å². The molecule has 7 heteroatoms. The summed E-state index contributed by atoms with van der Waals surface area (Å²) in [6, 6.07) is 4.75. The van der Waals surface area contributed by atoms with Crippen LogP contribution in [0.3, 0.4) is 0 Å². The number of hydrogen-bond donors (Lipinski definition) is 0. The van der Waals surface area contributed by atoms with E-state index in [1.165, 1.54) is 4.90 Å². The van der Waals surface area contributed by atoms with E-state index in [1.54, 1.807) is 25.2 Å². The second-order valence-electron chi connectivity index (χ2n) is 4.60. The number of carbonyl (C=O) groups is 1. The molecule has 19 heavy (non-hydrogen) atoms. The van der Waals surface area contributed by atoms with Gasteiger partial charge in [0.25, 0.3) is 5.91 Å². The molecule has 0 radical (unpaired) electrons. The predicted octanol–water partition coefficient (Wildman–Crippen LogP) is 2.36. The van der Waals surface area contributed by atoms with Crippen LogP contribution in [0.1, 0.15) is 16.8 Å². The van der Waals surface area contributed by atoms with Crippen molar-refractivity contribution in [2.75, 3.05) is 18.6 Å². The average molecular weight is 367 g/mol. The van der Waals surface area contributed by atoms with Gasteiger partial charge < -0.3 is 4.90 Å². The number of carbonyl (C=O) groups excluding carboxylic acids is 1. The molecule has 1 unspecified atom stereocenters. The lowest BCUT2D eigenvalue weighted by molar-refractivity contribution is 0.0748. The Hall–Kier alpha value is -0.590. The van der Waals surface area contributed by atoms with Crippen LogP contribution in [0.25, 0.3) is 0 Å². The van der Waals surface area contributed by atoms with Crippen molar-refractivity contribution < 1.29 is 13.2 Å². The van der Waals surface area contributed by atoms with E-state index in [1.807, 2.05) is 0 Å². The molecule has 1 amide bonds. The van der Waals surface area contributed by atoms with Crippen molar-refractivity contribution in [3.63, 3.8) is 0 Å². The molecular weight excluding hydrogens is 354 g/mol. The van der Waals surface area contributed by atoms with Crippen LogP contribution in [-0.4, -0.2) is 43.8 Å². The highest BCUT2D eigenvalue weighted by molar-refractivity contribution is 9.10. The van der Waals surface area contributed by atoms with Crippen LogP contribution in [0.15, 0.2) is 22.7 Å². The molecule has 104 valence electrons. The van der Waals surface area contributed by atoms with Gasteiger partial charge in [-0.3, -0.25) is 4.79 Å². The Morgan fingerprint density at radius 3 is 2.68 bits per heavy atom. The summed E-state index contributed by atoms with van der Waals surface area (Å²) in [5, 5.41) is 0.354. The summed E-state index contributed by atoms with van der Waals surface area (Å²) in [5.74, 6) is -0.0770. The maximum absolute atomic E-state index is 12.3.